The zero-order chi connectivity index (χ0) is 77.9. The normalized spacial score (nSPS) is 14.1. The van der Waals surface area contributed by atoms with E-state index in [-0.39, 0.29) is 0 Å². The van der Waals surface area contributed by atoms with Crippen molar-refractivity contribution in [2.75, 3.05) is 0 Å². The number of thiophene rings is 4. The molecule has 0 radical (unpaired) electrons. The molecule has 0 unspecified atom stereocenters. The molecule has 1 saturated carbocycles. The Labute approximate surface area is 658 Å². The molecule has 21 rings (SSSR count). The molecular formula is C100H87N5S4+4. The van der Waals surface area contributed by atoms with Crippen LogP contribution >= 0.6 is 45.3 Å². The van der Waals surface area contributed by atoms with Crippen LogP contribution in [-0.2, 0) is 28.2 Å². The van der Waals surface area contributed by atoms with Crippen molar-refractivity contribution in [1.29, 1.82) is 0 Å². The molecule has 0 aliphatic heterocycles. The van der Waals surface area contributed by atoms with E-state index in [1.54, 1.807) is 23.5 Å². The van der Waals surface area contributed by atoms with E-state index in [1.165, 1.54) is 159 Å². The highest BCUT2D eigenvalue weighted by Crippen LogP contribution is 2.46. The van der Waals surface area contributed by atoms with Crippen LogP contribution in [-0.4, -0.2) is 4.98 Å². The Balaban J connectivity index is 0.000000106. The molecule has 20 aromatic rings. The SMILES string of the molecule is Cc1ccccc1-c1cc2c(c[n+]1C)sc1c3ccccc3ccc21.Cc1ccccc1-c1ccc2sc3cc4ccccc4cc3c2[n+]1C.[2H]C([2H])([2H])c1ccc(-c2ccc3sc4ccc5ccccc5c4c3[n+]2C)c(C)c1.[2H]C1(c2ccc3cc4c(nc3c2)sc2c[n+](C)c(-c3ccccc3C)cc24)CCC(C)(C)CC1. The Morgan fingerprint density at radius 2 is 0.881 bits per heavy atom. The summed E-state index contributed by atoms with van der Waals surface area (Å²) in [5, 5.41) is 16.7. The van der Waals surface area contributed by atoms with Crippen LogP contribution in [0.15, 0.2) is 273 Å². The van der Waals surface area contributed by atoms with Crippen LogP contribution in [0.1, 0.15) is 84.3 Å². The van der Waals surface area contributed by atoms with Crippen molar-refractivity contribution >= 4 is 170 Å². The second-order valence-electron chi connectivity index (χ2n) is 30.5. The Hall–Kier alpha value is -10.9. The van der Waals surface area contributed by atoms with Crippen LogP contribution in [0.2, 0.25) is 0 Å². The number of hydrogen-bond donors (Lipinski definition) is 0. The summed E-state index contributed by atoms with van der Waals surface area (Å²) in [7, 11) is 8.55. The molecule has 9 heteroatoms. The fourth-order valence-electron chi connectivity index (χ4n) is 16.7. The quantitative estimate of drug-likeness (QED) is 0.158. The van der Waals surface area contributed by atoms with Crippen molar-refractivity contribution in [3.63, 3.8) is 0 Å². The van der Waals surface area contributed by atoms with Crippen LogP contribution in [0.25, 0.3) is 169 Å². The van der Waals surface area contributed by atoms with E-state index in [1.807, 2.05) is 47.0 Å². The van der Waals surface area contributed by atoms with Crippen LogP contribution in [0.4, 0.5) is 0 Å². The first-order chi connectivity index (χ1) is 54.5. The molecule has 0 saturated heterocycles. The maximum absolute atomic E-state index is 9.18. The highest BCUT2D eigenvalue weighted by molar-refractivity contribution is 7.27. The Morgan fingerprint density at radius 3 is 1.52 bits per heavy atom. The third-order valence-corrected chi connectivity index (χ3v) is 27.3. The zero-order valence-corrected chi connectivity index (χ0v) is 66.4. The van der Waals surface area contributed by atoms with Crippen LogP contribution in [0, 0.1) is 40.0 Å². The number of nitrogens with zero attached hydrogens (tertiary/aromatic N) is 5. The van der Waals surface area contributed by atoms with Crippen molar-refractivity contribution in [3.8, 4) is 45.0 Å². The lowest BCUT2D eigenvalue weighted by Crippen LogP contribution is -2.31. The molecule has 0 spiro atoms. The van der Waals surface area contributed by atoms with Crippen molar-refractivity contribution in [1.82, 2.24) is 4.98 Å². The van der Waals surface area contributed by atoms with Gasteiger partial charge < -0.3 is 0 Å². The highest BCUT2D eigenvalue weighted by atomic mass is 32.1. The maximum atomic E-state index is 9.18. The molecule has 532 valence electrons. The third-order valence-electron chi connectivity index (χ3n) is 22.8. The van der Waals surface area contributed by atoms with Crippen LogP contribution < -0.4 is 18.3 Å². The number of hydrogen-bond acceptors (Lipinski definition) is 5. The van der Waals surface area contributed by atoms with Gasteiger partial charge in [0.25, 0.3) is 0 Å². The summed E-state index contributed by atoms with van der Waals surface area (Å²) in [4.78, 5) is 6.18. The highest BCUT2D eigenvalue weighted by Gasteiger charge is 2.29. The smallest absolute Gasteiger partial charge is 0.232 e. The topological polar surface area (TPSA) is 28.4 Å². The van der Waals surface area contributed by atoms with Gasteiger partial charge in [-0.25, -0.2) is 4.98 Å². The van der Waals surface area contributed by atoms with Crippen LogP contribution in [0.3, 0.4) is 0 Å². The number of aromatic nitrogens is 5. The molecule has 0 N–H and O–H groups in total. The Morgan fingerprint density at radius 1 is 0.376 bits per heavy atom. The van der Waals surface area contributed by atoms with Gasteiger partial charge in [-0.15, -0.1) is 45.3 Å². The molecular weight excluding hydrogens is 1400 g/mol. The van der Waals surface area contributed by atoms with Gasteiger partial charge in [-0.3, -0.25) is 0 Å². The summed E-state index contributed by atoms with van der Waals surface area (Å²) >= 11 is 7.34. The van der Waals surface area contributed by atoms with E-state index in [9.17, 15) is 1.37 Å². The van der Waals surface area contributed by atoms with Crippen molar-refractivity contribution < 1.29 is 23.8 Å². The second-order valence-corrected chi connectivity index (χ2v) is 34.7. The van der Waals surface area contributed by atoms with E-state index >= 15 is 0 Å². The summed E-state index contributed by atoms with van der Waals surface area (Å²) in [5.74, 6) is -0.489. The molecule has 1 aliphatic carbocycles. The standard InChI is InChI=1S/C30H31N2S.C24H20NS.2C23H18NS/c1-19-7-5-6-8-23(19)27-17-24-25-15-22-10-9-21(20-11-13-30(2,3)14-12-20)16-26(22)31-29(25)33-28(24)18-32(27)4;1-15-8-10-18(16(2)14-15)20-11-13-22-24(25(20)3)23-19-7-5-4-6-17(19)9-12-21(23)26-22;1-15-7-3-6-10-18(15)20-11-12-21-23(24(20)2)19-13-16-8-4-5-9-17(16)14-22(19)25-21;1-15-7-3-5-9-17(15)21-13-20-19-12-11-16-8-4-6-10-18(16)23(19)25-22(20)14-24(21)2/h5-10,15-18,20H,11-14H2,1-4H3;4-14H,1-3H3;2*3-14H,1-2H3/q4*+1/i20D;1D3;;. The third kappa shape index (κ3) is 12.9. The summed E-state index contributed by atoms with van der Waals surface area (Å²) in [6.07, 6.45) is 8.58. The largest absolute Gasteiger partial charge is 0.237 e. The number of benzene rings is 11. The fourth-order valence-corrected chi connectivity index (χ4v) is 21.5. The van der Waals surface area contributed by atoms with E-state index in [0.29, 0.717) is 11.0 Å². The first-order valence-electron chi connectivity index (χ1n) is 39.7. The van der Waals surface area contributed by atoms with Gasteiger partial charge in [0.2, 0.25) is 33.8 Å². The zero-order valence-electron chi connectivity index (χ0n) is 67.2. The molecule has 109 heavy (non-hydrogen) atoms. The lowest BCUT2D eigenvalue weighted by atomic mass is 9.71. The van der Waals surface area contributed by atoms with E-state index in [0.717, 1.165) is 63.8 Å². The molecule has 0 bridgehead atoms. The predicted octanol–water partition coefficient (Wildman–Crippen LogP) is 26.4. The number of fused-ring (bicyclic) bond motifs is 18. The molecule has 0 amide bonds. The first kappa shape index (κ1) is 65.2. The average Bonchev–Trinajstić information content (AvgIpc) is 1.61. The minimum Gasteiger partial charge on any atom is -0.237 e. The van der Waals surface area contributed by atoms with Gasteiger partial charge in [-0.2, -0.15) is 18.3 Å². The molecule has 1 fully saturated rings. The maximum Gasteiger partial charge on any atom is 0.232 e. The van der Waals surface area contributed by atoms with E-state index in [4.69, 9.17) is 9.10 Å². The molecule has 9 heterocycles. The second kappa shape index (κ2) is 28.3. The van der Waals surface area contributed by atoms with Gasteiger partial charge in [-0.1, -0.05) is 189 Å². The number of aryl methyl sites for hydroxylation is 9. The van der Waals surface area contributed by atoms with E-state index < -0.39 is 12.7 Å². The van der Waals surface area contributed by atoms with Crippen molar-refractivity contribution in [3.05, 3.63) is 307 Å². The monoisotopic (exact) mass is 1490 g/mol. The molecule has 11 aromatic carbocycles. The van der Waals surface area contributed by atoms with E-state index in [2.05, 4.69) is 336 Å². The Kier molecular flexibility index (Phi) is 16.9. The number of pyridine rings is 5. The number of rotatable bonds is 5. The van der Waals surface area contributed by atoms with Gasteiger partial charge in [-0.05, 0) is 198 Å². The lowest BCUT2D eigenvalue weighted by Gasteiger charge is -2.34. The summed E-state index contributed by atoms with van der Waals surface area (Å²) in [5.41, 5.74) is 20.0. The molecule has 9 aromatic heterocycles. The van der Waals surface area contributed by atoms with Crippen molar-refractivity contribution in [2.45, 2.75) is 80.0 Å². The van der Waals surface area contributed by atoms with Gasteiger partial charge in [0.15, 0.2) is 12.4 Å². The lowest BCUT2D eigenvalue weighted by molar-refractivity contribution is -0.659. The minimum absolute atomic E-state index is 0.357. The molecule has 1 aliphatic rings. The summed E-state index contributed by atoms with van der Waals surface area (Å²) < 4.78 is 50.5. The van der Waals surface area contributed by atoms with Gasteiger partial charge in [0.05, 0.1) is 21.0 Å². The van der Waals surface area contributed by atoms with Crippen LogP contribution in [0.5, 0.6) is 0 Å². The average molecular weight is 1490 g/mol. The summed E-state index contributed by atoms with van der Waals surface area (Å²) in [6.45, 7) is 11.1. The molecule has 5 nitrogen and oxygen atoms in total. The summed E-state index contributed by atoms with van der Waals surface area (Å²) in [6, 6.07) is 92.9. The van der Waals surface area contributed by atoms with Crippen molar-refractivity contribution in [2.24, 2.45) is 33.6 Å². The van der Waals surface area contributed by atoms with Gasteiger partial charge in [0.1, 0.15) is 47.1 Å². The molecule has 0 atom stereocenters. The first-order valence-corrected chi connectivity index (χ1v) is 41.0. The minimum atomic E-state index is -2.09. The fraction of sp³-hybridized carbons (Fsp3) is 0.170. The predicted molar refractivity (Wildman–Crippen MR) is 470 cm³/mol. The van der Waals surface area contributed by atoms with Gasteiger partial charge >= 0.3 is 0 Å². The van der Waals surface area contributed by atoms with Gasteiger partial charge in [0, 0.05) is 93.0 Å². The Bertz CT molecular complexity index is 7190.